The smallest absolute Gasteiger partial charge is 0.0188 e. The highest BCUT2D eigenvalue weighted by molar-refractivity contribution is 8.02. The van der Waals surface area contributed by atoms with E-state index in [-0.39, 0.29) is 0 Å². The Morgan fingerprint density at radius 1 is 0.690 bits per heavy atom. The SMILES string of the molecule is C1=CSc2ccccc2C=C1.C1=c2ccc3c(c2CCC1)CC=c1ccccc1=3. The number of fused-ring (bicyclic) bond motifs is 5. The topological polar surface area (TPSA) is 0 Å². The molecule has 0 N–H and O–H groups in total. The second-order valence-corrected chi connectivity index (χ2v) is 8.54. The van der Waals surface area contributed by atoms with E-state index in [2.05, 4.69) is 96.5 Å². The monoisotopic (exact) mass is 392 g/mol. The van der Waals surface area contributed by atoms with Crippen molar-refractivity contribution in [2.75, 3.05) is 0 Å². The Morgan fingerprint density at radius 2 is 1.59 bits per heavy atom. The largest absolute Gasteiger partial charge is 0.0975 e. The zero-order chi connectivity index (χ0) is 19.5. The molecule has 142 valence electrons. The van der Waals surface area contributed by atoms with Crippen LogP contribution in [0.15, 0.2) is 83.1 Å². The van der Waals surface area contributed by atoms with Crippen LogP contribution in [0.5, 0.6) is 0 Å². The molecule has 0 spiro atoms. The molecule has 0 radical (unpaired) electrons. The Bertz CT molecular complexity index is 1330. The van der Waals surface area contributed by atoms with Crippen molar-refractivity contribution in [2.24, 2.45) is 0 Å². The second-order valence-electron chi connectivity index (χ2n) is 7.59. The Morgan fingerprint density at radius 3 is 2.59 bits per heavy atom. The maximum atomic E-state index is 2.40. The third-order valence-corrected chi connectivity index (χ3v) is 6.74. The third-order valence-electron chi connectivity index (χ3n) is 5.82. The molecular formula is C28H24S. The summed E-state index contributed by atoms with van der Waals surface area (Å²) < 4.78 is 0. The van der Waals surface area contributed by atoms with E-state index >= 15 is 0 Å². The van der Waals surface area contributed by atoms with Gasteiger partial charge in [-0.25, -0.2) is 0 Å². The molecule has 0 unspecified atom stereocenters. The molecule has 0 atom stereocenters. The van der Waals surface area contributed by atoms with Gasteiger partial charge in [0.25, 0.3) is 0 Å². The molecule has 0 saturated heterocycles. The van der Waals surface area contributed by atoms with Crippen LogP contribution in [0.1, 0.15) is 29.5 Å². The van der Waals surface area contributed by atoms with Crippen molar-refractivity contribution in [1.29, 1.82) is 0 Å². The van der Waals surface area contributed by atoms with Crippen molar-refractivity contribution in [3.63, 3.8) is 0 Å². The molecule has 1 aliphatic heterocycles. The molecule has 2 aliphatic carbocycles. The predicted octanol–water partition coefficient (Wildman–Crippen LogP) is 5.75. The van der Waals surface area contributed by atoms with Crippen molar-refractivity contribution >= 4 is 30.0 Å². The quantitative estimate of drug-likeness (QED) is 0.470. The van der Waals surface area contributed by atoms with Gasteiger partial charge in [-0.15, -0.1) is 0 Å². The van der Waals surface area contributed by atoms with Gasteiger partial charge in [0.15, 0.2) is 0 Å². The summed E-state index contributed by atoms with van der Waals surface area (Å²) in [5.41, 5.74) is 4.48. The summed E-state index contributed by atoms with van der Waals surface area (Å²) in [6.07, 6.45) is 16.0. The molecule has 0 nitrogen and oxygen atoms in total. The highest BCUT2D eigenvalue weighted by atomic mass is 32.2. The zero-order valence-corrected chi connectivity index (χ0v) is 17.3. The molecular weight excluding hydrogens is 368 g/mol. The first-order valence-corrected chi connectivity index (χ1v) is 11.3. The highest BCUT2D eigenvalue weighted by Crippen LogP contribution is 2.26. The molecule has 0 aromatic heterocycles. The fourth-order valence-electron chi connectivity index (χ4n) is 4.39. The molecule has 1 heterocycles. The fraction of sp³-hybridized carbons (Fsp3) is 0.143. The van der Waals surface area contributed by atoms with Crippen LogP contribution in [0.25, 0.3) is 18.2 Å². The maximum Gasteiger partial charge on any atom is 0.0188 e. The molecule has 3 aromatic carbocycles. The summed E-state index contributed by atoms with van der Waals surface area (Å²) in [5.74, 6) is 0. The van der Waals surface area contributed by atoms with Crippen LogP contribution in [0.4, 0.5) is 0 Å². The Labute approximate surface area is 176 Å². The van der Waals surface area contributed by atoms with E-state index in [9.17, 15) is 0 Å². The minimum absolute atomic E-state index is 1.10. The van der Waals surface area contributed by atoms with Crippen molar-refractivity contribution in [1.82, 2.24) is 0 Å². The molecule has 0 amide bonds. The third kappa shape index (κ3) is 3.75. The molecule has 29 heavy (non-hydrogen) atoms. The average Bonchev–Trinajstić information content (AvgIpc) is 3.05. The van der Waals surface area contributed by atoms with Gasteiger partial charge in [-0.2, -0.15) is 0 Å². The van der Waals surface area contributed by atoms with E-state index in [0.717, 1.165) is 6.42 Å². The standard InChI is InChI=1S/C18H16.C10H8S/c1-3-7-15-13(5-1)9-11-18-16-8-4-2-6-14(16)10-12-17(15)18;1-2-7-10-9(5-1)6-3-4-8-11-10/h1,3,5-7,9-10,12H,2,4,8,11H2;1-8H. The van der Waals surface area contributed by atoms with Gasteiger partial charge in [-0.05, 0) is 74.7 Å². The second kappa shape index (κ2) is 8.31. The Balaban J connectivity index is 0.000000142. The number of hydrogen-bond acceptors (Lipinski definition) is 1. The average molecular weight is 393 g/mol. The number of allylic oxidation sites excluding steroid dienone is 2. The van der Waals surface area contributed by atoms with E-state index in [1.54, 1.807) is 22.9 Å². The van der Waals surface area contributed by atoms with Crippen LogP contribution in [0.3, 0.4) is 0 Å². The minimum Gasteiger partial charge on any atom is -0.0975 e. The minimum atomic E-state index is 1.10. The summed E-state index contributed by atoms with van der Waals surface area (Å²) >= 11 is 1.77. The van der Waals surface area contributed by atoms with Crippen LogP contribution in [-0.2, 0) is 12.8 Å². The number of thioether (sulfide) groups is 1. The van der Waals surface area contributed by atoms with Gasteiger partial charge in [0, 0.05) is 4.90 Å². The van der Waals surface area contributed by atoms with Gasteiger partial charge in [0.2, 0.25) is 0 Å². The lowest BCUT2D eigenvalue weighted by Gasteiger charge is -2.16. The van der Waals surface area contributed by atoms with Crippen LogP contribution in [0, 0.1) is 10.4 Å². The summed E-state index contributed by atoms with van der Waals surface area (Å²) in [4.78, 5) is 1.33. The van der Waals surface area contributed by atoms with Crippen LogP contribution in [0.2, 0.25) is 0 Å². The van der Waals surface area contributed by atoms with Crippen molar-refractivity contribution < 1.29 is 0 Å². The van der Waals surface area contributed by atoms with Gasteiger partial charge < -0.3 is 0 Å². The maximum absolute atomic E-state index is 2.40. The van der Waals surface area contributed by atoms with Gasteiger partial charge >= 0.3 is 0 Å². The zero-order valence-electron chi connectivity index (χ0n) is 16.5. The van der Waals surface area contributed by atoms with Crippen LogP contribution < -0.4 is 10.4 Å². The lowest BCUT2D eigenvalue weighted by atomic mass is 9.89. The van der Waals surface area contributed by atoms with Crippen LogP contribution in [-0.4, -0.2) is 0 Å². The Hall–Kier alpha value is -2.77. The van der Waals surface area contributed by atoms with E-state index < -0.39 is 0 Å². The van der Waals surface area contributed by atoms with E-state index in [1.807, 2.05) is 0 Å². The Kier molecular flexibility index (Phi) is 5.23. The first-order chi connectivity index (χ1) is 14.4. The molecule has 0 saturated carbocycles. The van der Waals surface area contributed by atoms with Gasteiger partial charge in [0.1, 0.15) is 0 Å². The molecule has 3 aromatic rings. The summed E-state index contributed by atoms with van der Waals surface area (Å²) in [6, 6.07) is 21.8. The lowest BCUT2D eigenvalue weighted by molar-refractivity contribution is 0.824. The molecule has 6 rings (SSSR count). The molecule has 3 aliphatic rings. The van der Waals surface area contributed by atoms with E-state index in [0.29, 0.717) is 0 Å². The molecule has 1 heteroatoms. The highest BCUT2D eigenvalue weighted by Gasteiger charge is 2.10. The van der Waals surface area contributed by atoms with Crippen molar-refractivity contribution in [3.05, 3.63) is 116 Å². The molecule has 0 fully saturated rings. The summed E-state index contributed by atoms with van der Waals surface area (Å²) in [7, 11) is 0. The van der Waals surface area contributed by atoms with Gasteiger partial charge in [-0.3, -0.25) is 0 Å². The van der Waals surface area contributed by atoms with Gasteiger partial charge in [-0.1, -0.05) is 96.7 Å². The number of rotatable bonds is 0. The van der Waals surface area contributed by atoms with Crippen molar-refractivity contribution in [2.45, 2.75) is 30.6 Å². The lowest BCUT2D eigenvalue weighted by Crippen LogP contribution is -2.19. The number of hydrogen-bond donors (Lipinski definition) is 0. The van der Waals surface area contributed by atoms with E-state index in [1.165, 1.54) is 50.6 Å². The number of benzene rings is 3. The first-order valence-electron chi connectivity index (χ1n) is 10.4. The van der Waals surface area contributed by atoms with Crippen molar-refractivity contribution in [3.8, 4) is 0 Å². The van der Waals surface area contributed by atoms with Gasteiger partial charge in [0.05, 0.1) is 0 Å². The summed E-state index contributed by atoms with van der Waals surface area (Å²) in [5, 5.41) is 7.84. The fourth-order valence-corrected chi connectivity index (χ4v) is 5.14. The molecule has 0 bridgehead atoms. The van der Waals surface area contributed by atoms with E-state index in [4.69, 9.17) is 0 Å². The first kappa shape index (κ1) is 18.3. The summed E-state index contributed by atoms with van der Waals surface area (Å²) in [6.45, 7) is 0. The predicted molar refractivity (Wildman–Crippen MR) is 126 cm³/mol. The normalized spacial score (nSPS) is 15.2. The van der Waals surface area contributed by atoms with Crippen LogP contribution >= 0.6 is 11.8 Å².